The fourth-order valence-corrected chi connectivity index (χ4v) is 9.41. The van der Waals surface area contributed by atoms with Crippen LogP contribution in [0.25, 0.3) is 98.8 Å². The third-order valence-corrected chi connectivity index (χ3v) is 12.4. The van der Waals surface area contributed by atoms with E-state index in [0.29, 0.717) is 0 Å². The van der Waals surface area contributed by atoms with Crippen LogP contribution < -0.4 is 4.90 Å². The predicted molar refractivity (Wildman–Crippen MR) is 263 cm³/mol. The summed E-state index contributed by atoms with van der Waals surface area (Å²) < 4.78 is 7.00. The second kappa shape index (κ2) is 14.8. The minimum Gasteiger partial charge on any atom is -0.455 e. The van der Waals surface area contributed by atoms with Crippen LogP contribution in [0.2, 0.25) is 0 Å². The zero-order chi connectivity index (χ0) is 41.0. The van der Waals surface area contributed by atoms with Crippen molar-refractivity contribution in [2.75, 3.05) is 4.90 Å². The molecule has 0 aliphatic heterocycles. The maximum Gasteiger partial charge on any atom is 0.145 e. The summed E-state index contributed by atoms with van der Waals surface area (Å²) in [6, 6.07) is 85.4. The number of hydrogen-bond donors (Lipinski definition) is 0. The molecule has 0 saturated heterocycles. The summed E-state index contributed by atoms with van der Waals surface area (Å²) in [6.45, 7) is 0. The third-order valence-electron chi connectivity index (χ3n) is 12.4. The van der Waals surface area contributed by atoms with E-state index in [1.807, 2.05) is 0 Å². The molecule has 0 aliphatic rings. The highest BCUT2D eigenvalue weighted by molar-refractivity contribution is 6.19. The third kappa shape index (κ3) is 6.12. The average molecular weight is 790 g/mol. The van der Waals surface area contributed by atoms with Gasteiger partial charge in [0.05, 0.1) is 11.1 Å². The summed E-state index contributed by atoms with van der Waals surface area (Å²) in [5, 5.41) is 9.42. The highest BCUT2D eigenvalue weighted by Crippen LogP contribution is 2.48. The lowest BCUT2D eigenvalue weighted by Gasteiger charge is -2.27. The Morgan fingerprint density at radius 1 is 0.290 bits per heavy atom. The van der Waals surface area contributed by atoms with Crippen molar-refractivity contribution in [2.24, 2.45) is 0 Å². The molecule has 12 aromatic rings. The fraction of sp³-hybridized carbons (Fsp3) is 0. The predicted octanol–water partition coefficient (Wildman–Crippen LogP) is 17.2. The number of furan rings is 1. The minimum absolute atomic E-state index is 0.860. The van der Waals surface area contributed by atoms with Gasteiger partial charge < -0.3 is 9.32 Å². The number of rotatable bonds is 7. The van der Waals surface area contributed by atoms with Gasteiger partial charge in [-0.05, 0) is 126 Å². The summed E-state index contributed by atoms with van der Waals surface area (Å²) in [4.78, 5) is 2.40. The first-order valence-corrected chi connectivity index (χ1v) is 21.2. The van der Waals surface area contributed by atoms with Gasteiger partial charge in [-0.15, -0.1) is 0 Å². The molecule has 0 unspecified atom stereocenters. The lowest BCUT2D eigenvalue weighted by Crippen LogP contribution is -2.10. The first kappa shape index (κ1) is 35.7. The van der Waals surface area contributed by atoms with Crippen LogP contribution in [0.15, 0.2) is 241 Å². The fourth-order valence-electron chi connectivity index (χ4n) is 9.41. The zero-order valence-electron chi connectivity index (χ0n) is 33.9. The largest absolute Gasteiger partial charge is 0.455 e. The van der Waals surface area contributed by atoms with Crippen LogP contribution in [-0.2, 0) is 0 Å². The van der Waals surface area contributed by atoms with E-state index in [2.05, 4.69) is 241 Å². The maximum absolute atomic E-state index is 7.00. The molecule has 290 valence electrons. The van der Waals surface area contributed by atoms with E-state index in [0.717, 1.165) is 50.1 Å². The summed E-state index contributed by atoms with van der Waals surface area (Å²) in [5.41, 5.74) is 14.3. The Balaban J connectivity index is 1.06. The summed E-state index contributed by atoms with van der Waals surface area (Å²) in [7, 11) is 0. The molecule has 0 aliphatic carbocycles. The van der Waals surface area contributed by atoms with Gasteiger partial charge in [0.25, 0.3) is 0 Å². The molecule has 12 rings (SSSR count). The Kier molecular flexibility index (Phi) is 8.53. The molecule has 1 heterocycles. The lowest BCUT2D eigenvalue weighted by molar-refractivity contribution is 0.670. The summed E-state index contributed by atoms with van der Waals surface area (Å²) in [5.74, 6) is 0. The van der Waals surface area contributed by atoms with Gasteiger partial charge in [0.15, 0.2) is 0 Å². The molecule has 1 aromatic heterocycles. The first-order chi connectivity index (χ1) is 30.7. The number of anilines is 3. The van der Waals surface area contributed by atoms with Crippen LogP contribution in [-0.4, -0.2) is 0 Å². The number of para-hydroxylation sites is 1. The van der Waals surface area contributed by atoms with Crippen molar-refractivity contribution in [1.82, 2.24) is 0 Å². The summed E-state index contributed by atoms with van der Waals surface area (Å²) in [6.07, 6.45) is 0. The SMILES string of the molecule is c1ccc(-c2ccc(N(c3ccc4cc(-c5ccc6ccccc6c5)ccc4c3)c3ccc(-c4cccc5cccc(-c6ccccc6)c45)c4oc5ccccc5c34)cc2)cc1. The van der Waals surface area contributed by atoms with Gasteiger partial charge in [0.1, 0.15) is 11.2 Å². The van der Waals surface area contributed by atoms with Gasteiger partial charge in [-0.1, -0.05) is 182 Å². The Morgan fingerprint density at radius 2 is 0.839 bits per heavy atom. The number of nitrogens with zero attached hydrogens (tertiary/aromatic N) is 1. The maximum atomic E-state index is 7.00. The van der Waals surface area contributed by atoms with E-state index < -0.39 is 0 Å². The molecular formula is C60H39NO. The van der Waals surface area contributed by atoms with E-state index in [9.17, 15) is 0 Å². The Hall–Kier alpha value is -8.20. The van der Waals surface area contributed by atoms with Crippen LogP contribution in [0.5, 0.6) is 0 Å². The molecule has 0 fully saturated rings. The van der Waals surface area contributed by atoms with E-state index in [4.69, 9.17) is 4.42 Å². The number of benzene rings is 11. The Bertz CT molecular complexity index is 3620. The van der Waals surface area contributed by atoms with Gasteiger partial charge in [-0.2, -0.15) is 0 Å². The van der Waals surface area contributed by atoms with Crippen molar-refractivity contribution in [3.63, 3.8) is 0 Å². The van der Waals surface area contributed by atoms with E-state index in [1.165, 1.54) is 65.7 Å². The van der Waals surface area contributed by atoms with Crippen LogP contribution >= 0.6 is 0 Å². The highest BCUT2D eigenvalue weighted by Gasteiger charge is 2.24. The second-order valence-corrected chi connectivity index (χ2v) is 16.1. The Morgan fingerprint density at radius 3 is 1.61 bits per heavy atom. The van der Waals surface area contributed by atoms with Crippen molar-refractivity contribution < 1.29 is 4.42 Å². The molecule has 11 aromatic carbocycles. The molecule has 0 amide bonds. The number of fused-ring (bicyclic) bond motifs is 6. The van der Waals surface area contributed by atoms with Crippen molar-refractivity contribution >= 4 is 71.3 Å². The topological polar surface area (TPSA) is 16.4 Å². The van der Waals surface area contributed by atoms with Crippen molar-refractivity contribution in [1.29, 1.82) is 0 Å². The van der Waals surface area contributed by atoms with Crippen molar-refractivity contribution in [2.45, 2.75) is 0 Å². The molecule has 0 N–H and O–H groups in total. The van der Waals surface area contributed by atoms with E-state index >= 15 is 0 Å². The van der Waals surface area contributed by atoms with Crippen molar-refractivity contribution in [3.8, 4) is 44.5 Å². The van der Waals surface area contributed by atoms with Gasteiger partial charge in [0.2, 0.25) is 0 Å². The highest BCUT2D eigenvalue weighted by atomic mass is 16.3. The van der Waals surface area contributed by atoms with Crippen LogP contribution in [0.4, 0.5) is 17.1 Å². The minimum atomic E-state index is 0.860. The number of hydrogen-bond acceptors (Lipinski definition) is 2. The second-order valence-electron chi connectivity index (χ2n) is 16.1. The molecule has 2 nitrogen and oxygen atoms in total. The molecule has 0 saturated carbocycles. The molecule has 0 atom stereocenters. The quantitative estimate of drug-likeness (QED) is 0.160. The van der Waals surface area contributed by atoms with Gasteiger partial charge in [-0.25, -0.2) is 0 Å². The molecule has 0 spiro atoms. The smallest absolute Gasteiger partial charge is 0.145 e. The Labute approximate surface area is 360 Å². The molecule has 62 heavy (non-hydrogen) atoms. The van der Waals surface area contributed by atoms with Crippen LogP contribution in [0, 0.1) is 0 Å². The van der Waals surface area contributed by atoms with E-state index in [1.54, 1.807) is 0 Å². The van der Waals surface area contributed by atoms with E-state index in [-0.39, 0.29) is 0 Å². The van der Waals surface area contributed by atoms with Gasteiger partial charge in [-0.3, -0.25) is 0 Å². The first-order valence-electron chi connectivity index (χ1n) is 21.2. The standard InChI is InChI=1S/C60H39NO/c1-3-13-40(14-4-1)42-29-32-50(33-30-42)61(51-34-31-48-38-47(27-28-49(48)39-51)46-26-25-41-15-7-8-18-45(41)37-46)56-36-35-54(60-59(56)55-21-9-10-24-57(55)62-60)53-23-12-20-44-19-11-22-52(58(44)53)43-16-5-2-6-17-43/h1-39H. The van der Waals surface area contributed by atoms with Crippen molar-refractivity contribution in [3.05, 3.63) is 237 Å². The average Bonchev–Trinajstić information content (AvgIpc) is 3.74. The monoisotopic (exact) mass is 789 g/mol. The van der Waals surface area contributed by atoms with Gasteiger partial charge >= 0.3 is 0 Å². The molecular weight excluding hydrogens is 751 g/mol. The zero-order valence-corrected chi connectivity index (χ0v) is 33.9. The molecule has 0 radical (unpaired) electrons. The summed E-state index contributed by atoms with van der Waals surface area (Å²) >= 11 is 0. The van der Waals surface area contributed by atoms with Gasteiger partial charge in [0, 0.05) is 22.3 Å². The van der Waals surface area contributed by atoms with Crippen LogP contribution in [0.1, 0.15) is 0 Å². The van der Waals surface area contributed by atoms with Crippen LogP contribution in [0.3, 0.4) is 0 Å². The normalized spacial score (nSPS) is 11.5. The molecule has 2 heteroatoms. The molecule has 0 bridgehead atoms. The lowest BCUT2D eigenvalue weighted by atomic mass is 9.90.